The fraction of sp³-hybridized carbons (Fsp3) is 1.00. The van der Waals surface area contributed by atoms with E-state index >= 15 is 0 Å². The summed E-state index contributed by atoms with van der Waals surface area (Å²) in [5, 5.41) is 0. The summed E-state index contributed by atoms with van der Waals surface area (Å²) in [6.45, 7) is 9.69. The van der Waals surface area contributed by atoms with Gasteiger partial charge in [-0.2, -0.15) is 0 Å². The molecule has 0 rings (SSSR count). The number of rotatable bonds is 12. The Morgan fingerprint density at radius 2 is 1.00 bits per heavy atom. The third-order valence-corrected chi connectivity index (χ3v) is 7.21. The smallest absolute Gasteiger partial charge is 0.0588 e. The lowest BCUT2D eigenvalue weighted by Crippen LogP contribution is -1.97. The zero-order valence-corrected chi connectivity index (χ0v) is 16.7. The molecule has 0 aliphatic heterocycles. The Morgan fingerprint density at radius 3 is 1.37 bits per heavy atom. The predicted molar refractivity (Wildman–Crippen MR) is 101 cm³/mol. The number of unbranched alkanes of at least 4 members (excludes halogenated alkanes) is 9. The lowest BCUT2D eigenvalue weighted by molar-refractivity contribution is 0.562. The van der Waals surface area contributed by atoms with Crippen LogP contribution in [0.4, 0.5) is 0 Å². The van der Waals surface area contributed by atoms with Gasteiger partial charge in [0.05, 0.1) is 12.3 Å². The second-order valence-electron chi connectivity index (χ2n) is 6.16. The van der Waals surface area contributed by atoms with Crippen molar-refractivity contribution in [3.8, 4) is 0 Å². The summed E-state index contributed by atoms with van der Waals surface area (Å²) in [6.07, 6.45) is 17.6. The van der Waals surface area contributed by atoms with Gasteiger partial charge >= 0.3 is 0 Å². The van der Waals surface area contributed by atoms with Crippen molar-refractivity contribution in [2.75, 3.05) is 25.7 Å². The van der Waals surface area contributed by atoms with Crippen molar-refractivity contribution in [1.82, 2.24) is 6.15 Å². The first kappa shape index (κ1) is 24.9. The first-order valence-corrected chi connectivity index (χ1v) is 11.0. The zero-order chi connectivity index (χ0) is 13.0. The molecule has 0 aromatic rings. The topological polar surface area (TPSA) is 35.0 Å². The van der Waals surface area contributed by atoms with Crippen LogP contribution in [-0.4, -0.2) is 25.7 Å². The highest BCUT2D eigenvalue weighted by molar-refractivity contribution is 8.93. The first-order chi connectivity index (χ1) is 8.12. The van der Waals surface area contributed by atoms with Crippen molar-refractivity contribution in [3.05, 3.63) is 0 Å². The van der Waals surface area contributed by atoms with E-state index in [1.165, 1.54) is 76.5 Å². The van der Waals surface area contributed by atoms with Crippen molar-refractivity contribution >= 4 is 24.2 Å². The molecule has 1 nitrogen and oxygen atoms in total. The minimum Gasteiger partial charge on any atom is -0.344 e. The van der Waals surface area contributed by atoms with E-state index in [-0.39, 0.29) is 23.1 Å². The van der Waals surface area contributed by atoms with Gasteiger partial charge in [-0.25, -0.2) is 0 Å². The average Bonchev–Trinajstić information content (AvgIpc) is 2.31. The Morgan fingerprint density at radius 1 is 0.632 bits per heavy atom. The summed E-state index contributed by atoms with van der Waals surface area (Å²) in [4.78, 5) is 0. The lowest BCUT2D eigenvalue weighted by Gasteiger charge is -2.15. The van der Waals surface area contributed by atoms with Gasteiger partial charge in [-0.15, -0.1) is 17.0 Å². The van der Waals surface area contributed by atoms with Crippen LogP contribution in [0.25, 0.3) is 0 Å². The van der Waals surface area contributed by atoms with Gasteiger partial charge in [-0.05, 0) is 19.8 Å². The molecule has 0 aliphatic rings. The van der Waals surface area contributed by atoms with Gasteiger partial charge in [0.25, 0.3) is 0 Å². The van der Waals surface area contributed by atoms with Gasteiger partial charge < -0.3 is 6.15 Å². The zero-order valence-electron chi connectivity index (χ0n) is 14.0. The molecular formula is C16H40BrNP+. The molecule has 3 N–H and O–H groups in total. The van der Waals surface area contributed by atoms with Crippen molar-refractivity contribution < 1.29 is 0 Å². The summed E-state index contributed by atoms with van der Waals surface area (Å²) >= 11 is 0. The molecule has 3 heteroatoms. The maximum Gasteiger partial charge on any atom is 0.0588 e. The molecule has 0 saturated heterocycles. The minimum atomic E-state index is -0.497. The van der Waals surface area contributed by atoms with Gasteiger partial charge in [0, 0.05) is 20.6 Å². The molecule has 0 amide bonds. The van der Waals surface area contributed by atoms with Crippen LogP contribution in [0.1, 0.15) is 78.1 Å². The molecule has 0 aromatic heterocycles. The molecule has 0 unspecified atom stereocenters. The summed E-state index contributed by atoms with van der Waals surface area (Å²) < 4.78 is 0. The highest BCUT2D eigenvalue weighted by Gasteiger charge is 2.20. The van der Waals surface area contributed by atoms with E-state index in [1.807, 2.05) is 0 Å². The van der Waals surface area contributed by atoms with Crippen molar-refractivity contribution in [1.29, 1.82) is 0 Å². The van der Waals surface area contributed by atoms with Gasteiger partial charge in [0.1, 0.15) is 0 Å². The molecule has 0 bridgehead atoms. The van der Waals surface area contributed by atoms with Crippen LogP contribution in [0, 0.1) is 0 Å². The molecule has 0 fully saturated rings. The fourth-order valence-corrected chi connectivity index (χ4v) is 3.58. The minimum absolute atomic E-state index is 0. The largest absolute Gasteiger partial charge is 0.344 e. The predicted octanol–water partition coefficient (Wildman–Crippen LogP) is 6.94. The maximum absolute atomic E-state index is 2.51. The highest BCUT2D eigenvalue weighted by atomic mass is 79.9. The van der Waals surface area contributed by atoms with Gasteiger partial charge in [-0.1, -0.05) is 58.3 Å². The molecule has 0 saturated carbocycles. The first-order valence-electron chi connectivity index (χ1n) is 7.94. The molecule has 0 radical (unpaired) electrons. The number of hydrogen-bond acceptors (Lipinski definition) is 1. The van der Waals surface area contributed by atoms with E-state index in [1.54, 1.807) is 0 Å². The van der Waals surface area contributed by atoms with E-state index in [2.05, 4.69) is 27.2 Å². The number of hydrogen-bond donors (Lipinski definition) is 1. The van der Waals surface area contributed by atoms with Crippen LogP contribution in [0.2, 0.25) is 0 Å². The molecule has 0 aliphatic carbocycles. The SMILES string of the molecule is Br.CCCCCCCCCCCC[P+](C)(C)CC.N. The molecule has 0 aromatic carbocycles. The van der Waals surface area contributed by atoms with Gasteiger partial charge in [0.2, 0.25) is 0 Å². The fourth-order valence-electron chi connectivity index (χ4n) is 2.19. The highest BCUT2D eigenvalue weighted by Crippen LogP contribution is 2.51. The van der Waals surface area contributed by atoms with E-state index in [0.29, 0.717) is 0 Å². The molecule has 120 valence electrons. The summed E-state index contributed by atoms with van der Waals surface area (Å²) in [5.41, 5.74) is 0. The molecule has 0 spiro atoms. The van der Waals surface area contributed by atoms with Crippen LogP contribution in [-0.2, 0) is 0 Å². The number of halogens is 1. The van der Waals surface area contributed by atoms with E-state index in [4.69, 9.17) is 0 Å². The second-order valence-corrected chi connectivity index (χ2v) is 11.1. The molecular weight excluding hydrogens is 317 g/mol. The van der Waals surface area contributed by atoms with Crippen molar-refractivity contribution in [3.63, 3.8) is 0 Å². The van der Waals surface area contributed by atoms with E-state index in [9.17, 15) is 0 Å². The van der Waals surface area contributed by atoms with Crippen molar-refractivity contribution in [2.24, 2.45) is 0 Å². The Hall–Kier alpha value is 0.870. The normalized spacial score (nSPS) is 10.7. The van der Waals surface area contributed by atoms with Crippen molar-refractivity contribution in [2.45, 2.75) is 78.1 Å². The Labute approximate surface area is 134 Å². The monoisotopic (exact) mass is 356 g/mol. The van der Waals surface area contributed by atoms with E-state index in [0.717, 1.165) is 0 Å². The second kappa shape index (κ2) is 16.9. The standard InChI is InChI=1S/C16H36P.BrH.H3N/c1-5-7-8-9-10-11-12-13-14-15-16-17(3,4)6-2;;/h5-16H2,1-4H3;1H;1H3/q+1;;. The lowest BCUT2D eigenvalue weighted by atomic mass is 10.1. The van der Waals surface area contributed by atoms with Gasteiger partial charge in [0.15, 0.2) is 0 Å². The van der Waals surface area contributed by atoms with Crippen LogP contribution in [0.5, 0.6) is 0 Å². The summed E-state index contributed by atoms with van der Waals surface area (Å²) in [6, 6.07) is 0. The van der Waals surface area contributed by atoms with Crippen LogP contribution >= 0.6 is 24.2 Å². The third-order valence-electron chi connectivity index (χ3n) is 3.97. The molecule has 19 heavy (non-hydrogen) atoms. The summed E-state index contributed by atoms with van der Waals surface area (Å²) in [7, 11) is -0.497. The summed E-state index contributed by atoms with van der Waals surface area (Å²) in [5.74, 6) is 0. The molecule has 0 heterocycles. The quantitative estimate of drug-likeness (QED) is 0.298. The Balaban J connectivity index is -0.00000128. The average molecular weight is 357 g/mol. The Kier molecular flexibility index (Phi) is 22.1. The maximum atomic E-state index is 2.51. The van der Waals surface area contributed by atoms with Gasteiger partial charge in [-0.3, -0.25) is 0 Å². The van der Waals surface area contributed by atoms with Crippen LogP contribution in [0.15, 0.2) is 0 Å². The third kappa shape index (κ3) is 18.9. The van der Waals surface area contributed by atoms with Crippen LogP contribution in [0.3, 0.4) is 0 Å². The van der Waals surface area contributed by atoms with Crippen LogP contribution < -0.4 is 6.15 Å². The Bertz CT molecular complexity index is 163. The van der Waals surface area contributed by atoms with E-state index < -0.39 is 7.26 Å². The molecule has 0 atom stereocenters.